The van der Waals surface area contributed by atoms with Crippen LogP contribution in [0.2, 0.25) is 0 Å². The number of amides is 1. The minimum atomic E-state index is -0.407. The fourth-order valence-corrected chi connectivity index (χ4v) is 1.85. The summed E-state index contributed by atoms with van der Waals surface area (Å²) in [6.07, 6.45) is 3.48. The molecule has 0 aliphatic carbocycles. The van der Waals surface area contributed by atoms with Crippen LogP contribution in [0.15, 0.2) is 24.5 Å². The zero-order valence-electron chi connectivity index (χ0n) is 14.5. The smallest absolute Gasteiger partial charge is 0.232 e. The Morgan fingerprint density at radius 3 is 2.19 bits per heavy atom. The van der Waals surface area contributed by atoms with Crippen molar-refractivity contribution in [1.29, 1.82) is 0 Å². The third kappa shape index (κ3) is 5.12. The molecular formula is C17H29N3O. The number of pyridine rings is 1. The van der Waals surface area contributed by atoms with E-state index in [2.05, 4.69) is 37.7 Å². The molecule has 0 saturated heterocycles. The van der Waals surface area contributed by atoms with Crippen molar-refractivity contribution in [2.75, 3.05) is 25.0 Å². The Balaban J connectivity index is 2.92. The van der Waals surface area contributed by atoms with Gasteiger partial charge >= 0.3 is 0 Å². The molecule has 0 N–H and O–H groups in total. The van der Waals surface area contributed by atoms with Gasteiger partial charge in [-0.05, 0) is 40.0 Å². The molecule has 0 radical (unpaired) electrons. The highest BCUT2D eigenvalue weighted by Crippen LogP contribution is 2.23. The molecule has 1 rings (SSSR count). The summed E-state index contributed by atoms with van der Waals surface area (Å²) in [6.45, 7) is 13.9. The van der Waals surface area contributed by atoms with Crippen molar-refractivity contribution in [2.24, 2.45) is 5.41 Å². The van der Waals surface area contributed by atoms with Crippen molar-refractivity contribution in [3.63, 3.8) is 0 Å². The molecule has 0 saturated carbocycles. The third-order valence-electron chi connectivity index (χ3n) is 3.65. The lowest BCUT2D eigenvalue weighted by molar-refractivity contribution is -0.125. The number of nitrogens with zero attached hydrogens (tertiary/aromatic N) is 3. The highest BCUT2D eigenvalue weighted by molar-refractivity contribution is 5.96. The molecule has 0 unspecified atom stereocenters. The third-order valence-corrected chi connectivity index (χ3v) is 3.65. The molecule has 0 aromatic carbocycles. The lowest BCUT2D eigenvalue weighted by Crippen LogP contribution is -2.47. The Hall–Kier alpha value is -1.42. The number of hydrogen-bond donors (Lipinski definition) is 0. The van der Waals surface area contributed by atoms with Gasteiger partial charge in [-0.25, -0.2) is 0 Å². The number of likely N-dealkylation sites (N-methyl/N-ethyl adjacent to an activating group) is 1. The zero-order valence-corrected chi connectivity index (χ0v) is 14.5. The van der Waals surface area contributed by atoms with Crippen molar-refractivity contribution in [3.8, 4) is 0 Å². The van der Waals surface area contributed by atoms with Crippen LogP contribution in [0.4, 0.5) is 5.69 Å². The highest BCUT2D eigenvalue weighted by Gasteiger charge is 2.29. The van der Waals surface area contributed by atoms with Crippen molar-refractivity contribution in [1.82, 2.24) is 9.88 Å². The van der Waals surface area contributed by atoms with Gasteiger partial charge in [-0.15, -0.1) is 0 Å². The van der Waals surface area contributed by atoms with Crippen LogP contribution >= 0.6 is 0 Å². The number of carbonyl (C=O) groups excluding carboxylic acids is 1. The van der Waals surface area contributed by atoms with E-state index >= 15 is 0 Å². The molecule has 1 aromatic rings. The lowest BCUT2D eigenvalue weighted by atomic mass is 9.94. The van der Waals surface area contributed by atoms with Gasteiger partial charge in [0.1, 0.15) is 0 Å². The van der Waals surface area contributed by atoms with Crippen molar-refractivity contribution >= 4 is 11.6 Å². The van der Waals surface area contributed by atoms with E-state index in [0.717, 1.165) is 12.2 Å². The van der Waals surface area contributed by atoms with Gasteiger partial charge in [0.05, 0.1) is 11.9 Å². The second kappa shape index (κ2) is 6.56. The Morgan fingerprint density at radius 2 is 1.76 bits per heavy atom. The van der Waals surface area contributed by atoms with Crippen LogP contribution in [0.25, 0.3) is 0 Å². The molecule has 0 spiro atoms. The lowest BCUT2D eigenvalue weighted by Gasteiger charge is -2.35. The van der Waals surface area contributed by atoms with Gasteiger partial charge in [0, 0.05) is 30.2 Å². The van der Waals surface area contributed by atoms with E-state index in [1.165, 1.54) is 0 Å². The molecule has 1 amide bonds. The molecule has 4 heteroatoms. The first-order valence-corrected chi connectivity index (χ1v) is 7.47. The van der Waals surface area contributed by atoms with E-state index in [9.17, 15) is 4.79 Å². The Bertz CT molecular complexity index is 457. The van der Waals surface area contributed by atoms with Gasteiger partial charge in [-0.1, -0.05) is 20.8 Å². The molecule has 21 heavy (non-hydrogen) atoms. The molecule has 1 heterocycles. The summed E-state index contributed by atoms with van der Waals surface area (Å²) >= 11 is 0. The minimum Gasteiger partial charge on any atom is -0.309 e. The predicted molar refractivity (Wildman–Crippen MR) is 88.4 cm³/mol. The molecule has 0 aliphatic heterocycles. The maximum Gasteiger partial charge on any atom is 0.232 e. The van der Waals surface area contributed by atoms with Crippen molar-refractivity contribution in [2.45, 2.75) is 47.1 Å². The largest absolute Gasteiger partial charge is 0.309 e. The second-order valence-corrected chi connectivity index (χ2v) is 7.51. The fraction of sp³-hybridized carbons (Fsp3) is 0.647. The molecule has 118 valence electrons. The van der Waals surface area contributed by atoms with E-state index in [1.54, 1.807) is 12.4 Å². The van der Waals surface area contributed by atoms with E-state index in [-0.39, 0.29) is 11.4 Å². The Kier molecular flexibility index (Phi) is 5.51. The van der Waals surface area contributed by atoms with Crippen LogP contribution in [-0.2, 0) is 4.79 Å². The number of carbonyl (C=O) groups is 1. The highest BCUT2D eigenvalue weighted by atomic mass is 16.2. The normalized spacial score (nSPS) is 12.6. The maximum absolute atomic E-state index is 12.7. The topological polar surface area (TPSA) is 36.4 Å². The zero-order chi connectivity index (χ0) is 16.3. The monoisotopic (exact) mass is 291 g/mol. The average Bonchev–Trinajstić information content (AvgIpc) is 2.37. The quantitative estimate of drug-likeness (QED) is 0.855. The first-order chi connectivity index (χ1) is 9.53. The summed E-state index contributed by atoms with van der Waals surface area (Å²) in [5.74, 6) is 0.123. The van der Waals surface area contributed by atoms with Gasteiger partial charge in [0.2, 0.25) is 5.91 Å². The standard InChI is InChI=1S/C17H29N3O/c1-16(2,3)15(21)20(14-9-8-10-18-13-14)12-11-19(7)17(4,5)6/h8-10,13H,11-12H2,1-7H3. The van der Waals surface area contributed by atoms with Gasteiger partial charge in [0.15, 0.2) is 0 Å². The van der Waals surface area contributed by atoms with Crippen LogP contribution in [0, 0.1) is 5.41 Å². The molecule has 1 aromatic heterocycles. The van der Waals surface area contributed by atoms with Gasteiger partial charge in [-0.3, -0.25) is 14.7 Å². The molecule has 4 nitrogen and oxygen atoms in total. The molecular weight excluding hydrogens is 262 g/mol. The summed E-state index contributed by atoms with van der Waals surface area (Å²) in [5.41, 5.74) is 0.543. The first-order valence-electron chi connectivity index (χ1n) is 7.47. The summed E-state index contributed by atoms with van der Waals surface area (Å²) < 4.78 is 0. The SMILES string of the molecule is CN(CCN(C(=O)C(C)(C)C)c1cccnc1)C(C)(C)C. The van der Waals surface area contributed by atoms with Crippen molar-refractivity contribution in [3.05, 3.63) is 24.5 Å². The molecule has 0 fully saturated rings. The number of anilines is 1. The van der Waals surface area contributed by atoms with E-state index < -0.39 is 5.41 Å². The Morgan fingerprint density at radius 1 is 1.14 bits per heavy atom. The number of rotatable bonds is 4. The average molecular weight is 291 g/mol. The van der Waals surface area contributed by atoms with Crippen LogP contribution in [0.1, 0.15) is 41.5 Å². The summed E-state index contributed by atoms with van der Waals surface area (Å²) in [6, 6.07) is 3.81. The van der Waals surface area contributed by atoms with Crippen LogP contribution in [0.5, 0.6) is 0 Å². The summed E-state index contributed by atoms with van der Waals surface area (Å²) in [4.78, 5) is 20.9. The number of aromatic nitrogens is 1. The minimum absolute atomic E-state index is 0.0887. The van der Waals surface area contributed by atoms with E-state index in [0.29, 0.717) is 6.54 Å². The fourth-order valence-electron chi connectivity index (χ4n) is 1.85. The predicted octanol–water partition coefficient (Wildman–Crippen LogP) is 3.19. The maximum atomic E-state index is 12.7. The molecule has 0 bridgehead atoms. The molecule has 0 aliphatic rings. The summed E-state index contributed by atoms with van der Waals surface area (Å²) in [5, 5.41) is 0. The Labute approximate surface area is 129 Å². The summed E-state index contributed by atoms with van der Waals surface area (Å²) in [7, 11) is 2.09. The van der Waals surface area contributed by atoms with Crippen LogP contribution in [0.3, 0.4) is 0 Å². The van der Waals surface area contributed by atoms with E-state index in [1.807, 2.05) is 37.8 Å². The van der Waals surface area contributed by atoms with Crippen molar-refractivity contribution < 1.29 is 4.79 Å². The van der Waals surface area contributed by atoms with Gasteiger partial charge in [0.25, 0.3) is 0 Å². The van der Waals surface area contributed by atoms with E-state index in [4.69, 9.17) is 0 Å². The van der Waals surface area contributed by atoms with Crippen LogP contribution < -0.4 is 4.90 Å². The van der Waals surface area contributed by atoms with Crippen LogP contribution in [-0.4, -0.2) is 41.5 Å². The second-order valence-electron chi connectivity index (χ2n) is 7.51. The molecule has 0 atom stereocenters. The first kappa shape index (κ1) is 17.6. The van der Waals surface area contributed by atoms with Gasteiger partial charge in [-0.2, -0.15) is 0 Å². The number of hydrogen-bond acceptors (Lipinski definition) is 3. The van der Waals surface area contributed by atoms with Gasteiger partial charge < -0.3 is 4.90 Å².